The van der Waals surface area contributed by atoms with E-state index in [9.17, 15) is 4.79 Å². The fourth-order valence-electron chi connectivity index (χ4n) is 2.83. The van der Waals surface area contributed by atoms with Crippen LogP contribution in [0.5, 0.6) is 0 Å². The molecule has 1 aromatic heterocycles. The lowest BCUT2D eigenvalue weighted by Gasteiger charge is -2.31. The van der Waals surface area contributed by atoms with Crippen LogP contribution in [-0.2, 0) is 6.54 Å². The SMILES string of the molecule is Cc1ccccc1C(=O)NC1CCN(Cc2nnsc2Cl)CC1. The Hall–Kier alpha value is -1.50. The van der Waals surface area contributed by atoms with Crippen LogP contribution in [0.4, 0.5) is 0 Å². The first-order valence-electron chi connectivity index (χ1n) is 7.69. The summed E-state index contributed by atoms with van der Waals surface area (Å²) in [7, 11) is 0. The predicted octanol–water partition coefficient (Wildman–Crippen LogP) is 2.89. The summed E-state index contributed by atoms with van der Waals surface area (Å²) >= 11 is 7.27. The molecule has 0 spiro atoms. The first-order chi connectivity index (χ1) is 11.1. The van der Waals surface area contributed by atoms with Crippen molar-refractivity contribution in [1.29, 1.82) is 0 Å². The number of halogens is 1. The summed E-state index contributed by atoms with van der Waals surface area (Å²) in [4.78, 5) is 14.7. The van der Waals surface area contributed by atoms with Crippen molar-refractivity contribution in [3.05, 3.63) is 45.4 Å². The fraction of sp³-hybridized carbons (Fsp3) is 0.438. The number of amides is 1. The van der Waals surface area contributed by atoms with Crippen molar-refractivity contribution < 1.29 is 4.79 Å². The van der Waals surface area contributed by atoms with Gasteiger partial charge >= 0.3 is 0 Å². The van der Waals surface area contributed by atoms with E-state index in [4.69, 9.17) is 11.6 Å². The number of aromatic nitrogens is 2. The molecule has 0 saturated carbocycles. The zero-order valence-electron chi connectivity index (χ0n) is 13.0. The highest BCUT2D eigenvalue weighted by Crippen LogP contribution is 2.21. The van der Waals surface area contributed by atoms with Gasteiger partial charge in [-0.15, -0.1) is 5.10 Å². The van der Waals surface area contributed by atoms with Gasteiger partial charge in [0.15, 0.2) is 0 Å². The molecule has 122 valence electrons. The summed E-state index contributed by atoms with van der Waals surface area (Å²) in [6.45, 7) is 4.54. The number of carbonyl (C=O) groups excluding carboxylic acids is 1. The van der Waals surface area contributed by atoms with E-state index < -0.39 is 0 Å². The molecule has 23 heavy (non-hydrogen) atoms. The first kappa shape index (κ1) is 16.4. The number of benzene rings is 1. The molecule has 0 atom stereocenters. The van der Waals surface area contributed by atoms with Crippen LogP contribution in [-0.4, -0.2) is 39.5 Å². The molecule has 0 radical (unpaired) electrons. The van der Waals surface area contributed by atoms with Crippen molar-refractivity contribution in [2.75, 3.05) is 13.1 Å². The minimum Gasteiger partial charge on any atom is -0.349 e. The Kier molecular flexibility index (Phi) is 5.25. The summed E-state index contributed by atoms with van der Waals surface area (Å²) < 4.78 is 4.53. The van der Waals surface area contributed by atoms with E-state index in [1.807, 2.05) is 31.2 Å². The number of rotatable bonds is 4. The highest BCUT2D eigenvalue weighted by atomic mass is 35.5. The first-order valence-corrected chi connectivity index (χ1v) is 8.84. The quantitative estimate of drug-likeness (QED) is 0.921. The number of hydrogen-bond acceptors (Lipinski definition) is 5. The molecule has 1 saturated heterocycles. The number of aryl methyl sites for hydroxylation is 1. The summed E-state index contributed by atoms with van der Waals surface area (Å²) in [5, 5.41) is 7.20. The summed E-state index contributed by atoms with van der Waals surface area (Å²) in [6.07, 6.45) is 1.87. The molecule has 0 aliphatic carbocycles. The summed E-state index contributed by atoms with van der Waals surface area (Å²) in [5.74, 6) is 0.0216. The standard InChI is InChI=1S/C16H19ClN4OS/c1-11-4-2-3-5-13(11)16(22)18-12-6-8-21(9-7-12)10-14-15(17)23-20-19-14/h2-5,12H,6-10H2,1H3,(H,18,22). The van der Waals surface area contributed by atoms with Gasteiger partial charge < -0.3 is 5.32 Å². The van der Waals surface area contributed by atoms with Crippen LogP contribution < -0.4 is 5.32 Å². The average molecular weight is 351 g/mol. The molecule has 2 heterocycles. The van der Waals surface area contributed by atoms with E-state index in [1.165, 1.54) is 11.5 Å². The molecular weight excluding hydrogens is 332 g/mol. The lowest BCUT2D eigenvalue weighted by Crippen LogP contribution is -2.44. The summed E-state index contributed by atoms with van der Waals surface area (Å²) in [6, 6.07) is 7.90. The van der Waals surface area contributed by atoms with Gasteiger partial charge in [0.2, 0.25) is 0 Å². The molecule has 2 aromatic rings. The maximum atomic E-state index is 12.4. The molecular formula is C16H19ClN4OS. The lowest BCUT2D eigenvalue weighted by molar-refractivity contribution is 0.0908. The number of nitrogens with zero attached hydrogens (tertiary/aromatic N) is 3. The second-order valence-corrected chi connectivity index (χ2v) is 7.19. The van der Waals surface area contributed by atoms with Crippen LogP contribution in [0, 0.1) is 6.92 Å². The van der Waals surface area contributed by atoms with E-state index in [-0.39, 0.29) is 11.9 Å². The zero-order chi connectivity index (χ0) is 16.2. The van der Waals surface area contributed by atoms with Crippen molar-refractivity contribution in [1.82, 2.24) is 19.8 Å². The molecule has 7 heteroatoms. The van der Waals surface area contributed by atoms with E-state index in [0.29, 0.717) is 4.34 Å². The van der Waals surface area contributed by atoms with Crippen molar-refractivity contribution >= 4 is 29.0 Å². The largest absolute Gasteiger partial charge is 0.349 e. The van der Waals surface area contributed by atoms with E-state index in [0.717, 1.165) is 49.3 Å². The molecule has 0 bridgehead atoms. The molecule has 1 aliphatic heterocycles. The minimum atomic E-state index is 0.0216. The van der Waals surface area contributed by atoms with Gasteiger partial charge in [0, 0.05) is 42.8 Å². The Morgan fingerprint density at radius 2 is 2.13 bits per heavy atom. The smallest absolute Gasteiger partial charge is 0.251 e. The fourth-order valence-corrected chi connectivity index (χ4v) is 3.44. The van der Waals surface area contributed by atoms with Crippen molar-refractivity contribution in [2.45, 2.75) is 32.4 Å². The van der Waals surface area contributed by atoms with Crippen molar-refractivity contribution in [3.8, 4) is 0 Å². The van der Waals surface area contributed by atoms with Gasteiger partial charge in [-0.05, 0) is 31.4 Å². The van der Waals surface area contributed by atoms with Gasteiger partial charge in [0.05, 0.1) is 0 Å². The van der Waals surface area contributed by atoms with Gasteiger partial charge in [-0.25, -0.2) is 0 Å². The van der Waals surface area contributed by atoms with Crippen LogP contribution in [0.1, 0.15) is 34.5 Å². The predicted molar refractivity (Wildman–Crippen MR) is 91.9 cm³/mol. The highest BCUT2D eigenvalue weighted by molar-refractivity contribution is 7.10. The van der Waals surface area contributed by atoms with Gasteiger partial charge in [-0.1, -0.05) is 34.3 Å². The van der Waals surface area contributed by atoms with E-state index >= 15 is 0 Å². The second kappa shape index (κ2) is 7.38. The monoisotopic (exact) mass is 350 g/mol. The number of likely N-dealkylation sites (tertiary alicyclic amines) is 1. The minimum absolute atomic E-state index is 0.0216. The maximum Gasteiger partial charge on any atom is 0.251 e. The number of piperidine rings is 1. The molecule has 1 aliphatic rings. The third-order valence-corrected chi connectivity index (χ3v) is 5.18. The van der Waals surface area contributed by atoms with Gasteiger partial charge in [-0.2, -0.15) is 0 Å². The zero-order valence-corrected chi connectivity index (χ0v) is 14.5. The van der Waals surface area contributed by atoms with E-state index in [2.05, 4.69) is 19.8 Å². The molecule has 1 amide bonds. The highest BCUT2D eigenvalue weighted by Gasteiger charge is 2.22. The third-order valence-electron chi connectivity index (χ3n) is 4.20. The van der Waals surface area contributed by atoms with Crippen LogP contribution >= 0.6 is 23.1 Å². The van der Waals surface area contributed by atoms with Gasteiger partial charge in [0.1, 0.15) is 10.0 Å². The molecule has 3 rings (SSSR count). The number of hydrogen-bond donors (Lipinski definition) is 1. The Labute approximate surface area is 144 Å². The Balaban J connectivity index is 1.50. The Morgan fingerprint density at radius 1 is 1.39 bits per heavy atom. The topological polar surface area (TPSA) is 58.1 Å². The molecule has 1 fully saturated rings. The second-order valence-electron chi connectivity index (χ2n) is 5.83. The molecule has 1 aromatic carbocycles. The Bertz CT molecular complexity index is 682. The van der Waals surface area contributed by atoms with Crippen LogP contribution in [0.2, 0.25) is 4.34 Å². The average Bonchev–Trinajstić information content (AvgIpc) is 2.95. The maximum absolute atomic E-state index is 12.4. The van der Waals surface area contributed by atoms with Crippen molar-refractivity contribution in [2.24, 2.45) is 0 Å². The normalized spacial score (nSPS) is 16.4. The van der Waals surface area contributed by atoms with Crippen LogP contribution in [0.15, 0.2) is 24.3 Å². The third kappa shape index (κ3) is 4.07. The number of nitrogens with one attached hydrogen (secondary N) is 1. The lowest BCUT2D eigenvalue weighted by atomic mass is 10.0. The molecule has 5 nitrogen and oxygen atoms in total. The Morgan fingerprint density at radius 3 is 2.78 bits per heavy atom. The summed E-state index contributed by atoms with van der Waals surface area (Å²) in [5.41, 5.74) is 2.61. The van der Waals surface area contributed by atoms with Gasteiger partial charge in [0.25, 0.3) is 5.91 Å². The van der Waals surface area contributed by atoms with Crippen LogP contribution in [0.25, 0.3) is 0 Å². The molecule has 0 unspecified atom stereocenters. The molecule has 1 N–H and O–H groups in total. The van der Waals surface area contributed by atoms with Crippen LogP contribution in [0.3, 0.4) is 0 Å². The van der Waals surface area contributed by atoms with Crippen molar-refractivity contribution in [3.63, 3.8) is 0 Å². The van der Waals surface area contributed by atoms with Gasteiger partial charge in [-0.3, -0.25) is 9.69 Å². The number of carbonyl (C=O) groups is 1. The van der Waals surface area contributed by atoms with E-state index in [1.54, 1.807) is 0 Å².